The molecule has 0 spiro atoms. The molecular formula is C8H17NNa. The molecule has 55 valence electrons. The molecule has 5 radical (unpaired) electrons. The zero-order valence-corrected chi connectivity index (χ0v) is 9.78. The summed E-state index contributed by atoms with van der Waals surface area (Å²) in [6.45, 7) is 9.77. The molecule has 1 aliphatic heterocycles. The van der Waals surface area contributed by atoms with E-state index >= 15 is 0 Å². The first-order chi connectivity index (χ1) is 4.61. The summed E-state index contributed by atoms with van der Waals surface area (Å²) in [5.41, 5.74) is 0.434. The number of hydrogen-bond acceptors (Lipinski definition) is 1. The van der Waals surface area contributed by atoms with Gasteiger partial charge in [0, 0.05) is 0 Å². The van der Waals surface area contributed by atoms with Gasteiger partial charge in [0.15, 0.2) is 0 Å². The summed E-state index contributed by atoms with van der Waals surface area (Å²) in [6.07, 6.45) is 0. The van der Waals surface area contributed by atoms with E-state index in [9.17, 15) is 0 Å². The number of rotatable bonds is 0. The van der Waals surface area contributed by atoms with Crippen LogP contribution in [0, 0.1) is 0 Å². The molecule has 1 saturated heterocycles. The Balaban J connectivity index is 2.39. The van der Waals surface area contributed by atoms with Crippen LogP contribution >= 0.6 is 0 Å². The van der Waals surface area contributed by atoms with Crippen molar-refractivity contribution in [1.82, 2.24) is 4.90 Å². The van der Waals surface area contributed by atoms with Gasteiger partial charge in [-0.3, -0.25) is 0 Å². The van der Waals surface area contributed by atoms with Gasteiger partial charge in [-0.2, -0.15) is 0 Å². The molecule has 0 N–H and O–H groups in total. The first-order valence-electron chi connectivity index (χ1n) is 4.77. The van der Waals surface area contributed by atoms with Crippen LogP contribution in [0.3, 0.4) is 0 Å². The van der Waals surface area contributed by atoms with E-state index in [0.717, 1.165) is 0 Å². The summed E-state index contributed by atoms with van der Waals surface area (Å²) in [7, 11) is 0. The SMILES string of the molecule is CC(C)(C)N1C[CH2][Na][CH2]C1. The monoisotopic (exact) mass is 150 g/mol. The molecule has 1 heterocycles. The van der Waals surface area contributed by atoms with Gasteiger partial charge in [-0.15, -0.1) is 0 Å². The van der Waals surface area contributed by atoms with Crippen LogP contribution < -0.4 is 0 Å². The van der Waals surface area contributed by atoms with Gasteiger partial charge in [-0.05, 0) is 0 Å². The van der Waals surface area contributed by atoms with Crippen molar-refractivity contribution in [3.05, 3.63) is 0 Å². The molecule has 2 heteroatoms. The van der Waals surface area contributed by atoms with Gasteiger partial charge in [-0.25, -0.2) is 0 Å². The fourth-order valence-electron chi connectivity index (χ4n) is 1.89. The van der Waals surface area contributed by atoms with E-state index in [4.69, 9.17) is 0 Å². The van der Waals surface area contributed by atoms with E-state index in [2.05, 4.69) is 25.7 Å². The van der Waals surface area contributed by atoms with Crippen molar-refractivity contribution in [2.45, 2.75) is 33.7 Å². The fraction of sp³-hybridized carbons (Fsp3) is 1.00. The van der Waals surface area contributed by atoms with E-state index in [1.54, 1.807) is 7.34 Å². The summed E-state index contributed by atoms with van der Waals surface area (Å²) in [6, 6.07) is 0. The van der Waals surface area contributed by atoms with E-state index in [-0.39, 0.29) is 26.3 Å². The second-order valence-corrected chi connectivity index (χ2v) is 7.66. The van der Waals surface area contributed by atoms with E-state index in [1.807, 2.05) is 0 Å². The van der Waals surface area contributed by atoms with Crippen LogP contribution in [0.4, 0.5) is 0 Å². The molecule has 0 aromatic rings. The first kappa shape index (κ1) is 9.05. The average Bonchev–Trinajstić information content (AvgIpc) is 1.88. The molecule has 0 aromatic heterocycles. The molecule has 0 bridgehead atoms. The standard InChI is InChI=1S/C8H17N.Na/c1-6-9(7-2)8(3,4)5;/h1-2,6-7H2,3-5H3;. The van der Waals surface area contributed by atoms with Crippen molar-refractivity contribution >= 4 is 26.3 Å². The molecule has 0 unspecified atom stereocenters. The molecule has 1 rings (SSSR count). The summed E-state index contributed by atoms with van der Waals surface area (Å²) in [5.74, 6) is 0. The third-order valence-electron chi connectivity index (χ3n) is 2.64. The van der Waals surface area contributed by atoms with Crippen molar-refractivity contribution in [2.75, 3.05) is 13.1 Å². The van der Waals surface area contributed by atoms with Gasteiger partial charge >= 0.3 is 77.9 Å². The van der Waals surface area contributed by atoms with Crippen LogP contribution in [0.15, 0.2) is 0 Å². The summed E-state index contributed by atoms with van der Waals surface area (Å²) in [5, 5.41) is 0. The van der Waals surface area contributed by atoms with Crippen molar-refractivity contribution in [3.63, 3.8) is 0 Å². The quantitative estimate of drug-likeness (QED) is 0.474. The van der Waals surface area contributed by atoms with Crippen LogP contribution in [-0.4, -0.2) is 49.8 Å². The molecule has 0 amide bonds. The van der Waals surface area contributed by atoms with Crippen molar-refractivity contribution in [1.29, 1.82) is 0 Å². The van der Waals surface area contributed by atoms with Crippen LogP contribution in [0.1, 0.15) is 20.8 Å². The third-order valence-corrected chi connectivity index (χ3v) is 4.95. The topological polar surface area (TPSA) is 3.24 Å². The van der Waals surface area contributed by atoms with Crippen LogP contribution in [0.2, 0.25) is 7.34 Å². The Labute approximate surface area is 77.7 Å². The second-order valence-electron chi connectivity index (χ2n) is 4.66. The zero-order chi connectivity index (χ0) is 7.61. The summed E-state index contributed by atoms with van der Waals surface area (Å²) >= 11 is -0.0470. The van der Waals surface area contributed by atoms with Crippen LogP contribution in [0.5, 0.6) is 0 Å². The first-order valence-corrected chi connectivity index (χ1v) is 7.60. The Bertz CT molecular complexity index is 100. The maximum absolute atomic E-state index is 2.63. The van der Waals surface area contributed by atoms with Gasteiger partial charge in [-0.1, -0.05) is 0 Å². The van der Waals surface area contributed by atoms with E-state index < -0.39 is 0 Å². The molecule has 0 saturated carbocycles. The Morgan fingerprint density at radius 3 is 1.90 bits per heavy atom. The van der Waals surface area contributed by atoms with Gasteiger partial charge in [0.25, 0.3) is 0 Å². The second kappa shape index (κ2) is 3.57. The molecule has 1 nitrogen and oxygen atoms in total. The predicted octanol–water partition coefficient (Wildman–Crippen LogP) is 1.64. The van der Waals surface area contributed by atoms with Crippen LogP contribution in [-0.2, 0) is 0 Å². The number of nitrogens with zero attached hydrogens (tertiary/aromatic N) is 1. The van der Waals surface area contributed by atoms with Gasteiger partial charge in [0.2, 0.25) is 0 Å². The minimum atomic E-state index is -0.0470. The molecule has 0 atom stereocenters. The van der Waals surface area contributed by atoms with Crippen molar-refractivity contribution in [2.24, 2.45) is 0 Å². The zero-order valence-electron chi connectivity index (χ0n) is 7.78. The third kappa shape index (κ3) is 2.54. The van der Waals surface area contributed by atoms with E-state index in [1.165, 1.54) is 13.1 Å². The summed E-state index contributed by atoms with van der Waals surface area (Å²) < 4.78 is 3.19. The fourth-order valence-corrected chi connectivity index (χ4v) is 4.10. The molecule has 10 heavy (non-hydrogen) atoms. The molecule has 1 aliphatic rings. The normalized spacial score (nSPS) is 23.1. The Hall–Kier alpha value is 0.960. The average molecular weight is 150 g/mol. The molecule has 1 fully saturated rings. The Kier molecular flexibility index (Phi) is 3.23. The molecule has 0 aromatic carbocycles. The van der Waals surface area contributed by atoms with Crippen molar-refractivity contribution in [3.8, 4) is 0 Å². The molecular weight excluding hydrogens is 133 g/mol. The maximum atomic E-state index is 2.63. The van der Waals surface area contributed by atoms with Crippen molar-refractivity contribution < 1.29 is 0 Å². The van der Waals surface area contributed by atoms with Gasteiger partial charge < -0.3 is 0 Å². The minimum absolute atomic E-state index is 0.0470. The van der Waals surface area contributed by atoms with Gasteiger partial charge in [0.05, 0.1) is 0 Å². The van der Waals surface area contributed by atoms with Gasteiger partial charge in [0.1, 0.15) is 0 Å². The number of hydrogen-bond donors (Lipinski definition) is 0. The van der Waals surface area contributed by atoms with E-state index in [0.29, 0.717) is 5.54 Å². The summed E-state index contributed by atoms with van der Waals surface area (Å²) in [4.78, 5) is 2.63. The Morgan fingerprint density at radius 1 is 1.10 bits per heavy atom. The Morgan fingerprint density at radius 2 is 1.60 bits per heavy atom. The molecule has 0 aliphatic carbocycles. The predicted molar refractivity (Wildman–Crippen MR) is 46.7 cm³/mol. The van der Waals surface area contributed by atoms with Crippen LogP contribution in [0.25, 0.3) is 0 Å².